The van der Waals surface area contributed by atoms with Gasteiger partial charge in [0.05, 0.1) is 29.7 Å². The first-order valence-corrected chi connectivity index (χ1v) is 11.8. The van der Waals surface area contributed by atoms with E-state index in [1.807, 2.05) is 0 Å². The first kappa shape index (κ1) is 28.9. The predicted octanol–water partition coefficient (Wildman–Crippen LogP) is 0.149. The summed E-state index contributed by atoms with van der Waals surface area (Å²) in [6, 6.07) is 0. The van der Waals surface area contributed by atoms with Gasteiger partial charge in [0.2, 0.25) is 13.6 Å². The molecule has 0 aliphatic carbocycles. The third-order valence-corrected chi connectivity index (χ3v) is 6.30. The van der Waals surface area contributed by atoms with Crippen molar-refractivity contribution in [1.82, 2.24) is 0 Å². The van der Waals surface area contributed by atoms with Gasteiger partial charge in [0, 0.05) is 0 Å². The average molecular weight is 486 g/mol. The van der Waals surface area contributed by atoms with Crippen molar-refractivity contribution in [3.05, 3.63) is 0 Å². The Morgan fingerprint density at radius 2 is 1.22 bits per heavy atom. The highest BCUT2D eigenvalue weighted by Gasteiger charge is 2.46. The topological polar surface area (TPSA) is 178 Å². The molecule has 1 heterocycles. The Morgan fingerprint density at radius 1 is 0.812 bits per heavy atom. The van der Waals surface area contributed by atoms with Crippen molar-refractivity contribution in [3.63, 3.8) is 0 Å². The van der Waals surface area contributed by atoms with Crippen molar-refractivity contribution >= 4 is 19.5 Å². The second-order valence-electron chi connectivity index (χ2n) is 9.52. The molecule has 4 N–H and O–H groups in total. The lowest BCUT2D eigenvalue weighted by molar-refractivity contribution is -0.224. The maximum absolute atomic E-state index is 13.2. The van der Waals surface area contributed by atoms with Crippen LogP contribution in [0, 0.1) is 10.8 Å². The first-order valence-electron chi connectivity index (χ1n) is 10.0. The zero-order chi connectivity index (χ0) is 24.9. The van der Waals surface area contributed by atoms with Gasteiger partial charge in [0.25, 0.3) is 0 Å². The lowest BCUT2D eigenvalue weighted by Crippen LogP contribution is -2.59. The maximum Gasteiger partial charge on any atom is 0.339 e. The summed E-state index contributed by atoms with van der Waals surface area (Å²) in [7, 11) is -4.24. The molecule has 0 aromatic heterocycles. The average Bonchev–Trinajstić information content (AvgIpc) is 2.66. The number of hydrogen-bond acceptors (Lipinski definition) is 12. The summed E-state index contributed by atoms with van der Waals surface area (Å²) in [6.07, 6.45) is -8.26. The number of aliphatic hydroxyl groups is 4. The summed E-state index contributed by atoms with van der Waals surface area (Å²) < 4.78 is 38.7. The van der Waals surface area contributed by atoms with E-state index in [1.54, 1.807) is 41.5 Å². The van der Waals surface area contributed by atoms with Crippen LogP contribution in [0.3, 0.4) is 0 Å². The van der Waals surface area contributed by atoms with E-state index in [2.05, 4.69) is 0 Å². The second-order valence-corrected chi connectivity index (χ2v) is 11.6. The predicted molar refractivity (Wildman–Crippen MR) is 109 cm³/mol. The number of hydrogen-bond donors (Lipinski definition) is 4. The Labute approximate surface area is 187 Å². The van der Waals surface area contributed by atoms with E-state index in [0.717, 1.165) is 0 Å². The van der Waals surface area contributed by atoms with E-state index >= 15 is 0 Å². The van der Waals surface area contributed by atoms with E-state index in [1.165, 1.54) is 0 Å². The highest BCUT2D eigenvalue weighted by Crippen LogP contribution is 2.50. The van der Waals surface area contributed by atoms with Crippen LogP contribution in [-0.2, 0) is 37.4 Å². The molecular formula is C19H35O12P. The number of esters is 2. The summed E-state index contributed by atoms with van der Waals surface area (Å²) in [6.45, 7) is 7.40. The number of carbonyl (C=O) groups excluding carboxylic acids is 2. The van der Waals surface area contributed by atoms with Crippen LogP contribution in [0.4, 0.5) is 0 Å². The van der Waals surface area contributed by atoms with Gasteiger partial charge in [-0.05, 0) is 41.5 Å². The number of aliphatic hydroxyl groups excluding tert-OH is 4. The Balaban J connectivity index is 2.91. The van der Waals surface area contributed by atoms with Crippen molar-refractivity contribution in [2.75, 3.05) is 26.4 Å². The van der Waals surface area contributed by atoms with Crippen LogP contribution in [-0.4, -0.2) is 89.2 Å². The quantitative estimate of drug-likeness (QED) is 0.197. The van der Waals surface area contributed by atoms with Crippen LogP contribution in [0.2, 0.25) is 0 Å². The summed E-state index contributed by atoms with van der Waals surface area (Å²) in [5, 5.41) is 39.4. The molecule has 0 amide bonds. The molecule has 0 unspecified atom stereocenters. The zero-order valence-corrected chi connectivity index (χ0v) is 20.1. The summed E-state index contributed by atoms with van der Waals surface area (Å²) in [5.41, 5.74) is -1.71. The number of carbonyl (C=O) groups is 2. The SMILES string of the molecule is CC(C)(C)C(=O)OCOP(=O)(C[C@H]1O[C@H](CO)[C@@H](O)[C@H](O)[C@@H]1O)OCOC(=O)C(C)(C)C. The van der Waals surface area contributed by atoms with Gasteiger partial charge in [0.1, 0.15) is 24.4 Å². The molecule has 12 nitrogen and oxygen atoms in total. The van der Waals surface area contributed by atoms with Crippen LogP contribution >= 0.6 is 7.60 Å². The van der Waals surface area contributed by atoms with Crippen molar-refractivity contribution in [2.45, 2.75) is 72.1 Å². The molecule has 5 atom stereocenters. The molecule has 0 aromatic carbocycles. The lowest BCUT2D eigenvalue weighted by atomic mass is 9.96. The minimum atomic E-state index is -4.24. The van der Waals surface area contributed by atoms with Crippen molar-refractivity contribution in [1.29, 1.82) is 0 Å². The van der Waals surface area contributed by atoms with Crippen LogP contribution in [0.15, 0.2) is 0 Å². The molecule has 1 saturated heterocycles. The minimum absolute atomic E-state index is 0.643. The molecule has 1 aliphatic heterocycles. The number of ether oxygens (including phenoxy) is 3. The highest BCUT2D eigenvalue weighted by atomic mass is 31.2. The molecule has 1 rings (SSSR count). The molecular weight excluding hydrogens is 451 g/mol. The Morgan fingerprint density at radius 3 is 1.59 bits per heavy atom. The second kappa shape index (κ2) is 11.3. The molecule has 0 bridgehead atoms. The largest absolute Gasteiger partial charge is 0.438 e. The Hall–Kier alpha value is -1.11. The van der Waals surface area contributed by atoms with E-state index in [0.29, 0.717) is 0 Å². The molecule has 0 radical (unpaired) electrons. The standard InChI is InChI=1S/C19H35O12P/c1-18(2,3)16(24)27-9-29-32(26,30-10-28-17(25)19(4,5)6)8-12-14(22)15(23)13(21)11(7-20)31-12/h11-15,20-23H,7-10H2,1-6H3/t11-,12-,13-,14-,15+/m1/s1. The van der Waals surface area contributed by atoms with E-state index in [9.17, 15) is 34.6 Å². The number of rotatable bonds is 9. The molecule has 0 spiro atoms. The zero-order valence-electron chi connectivity index (χ0n) is 19.2. The summed E-state index contributed by atoms with van der Waals surface area (Å²) in [5.74, 6) is -1.29. The minimum Gasteiger partial charge on any atom is -0.438 e. The Bertz CT molecular complexity index is 645. The van der Waals surface area contributed by atoms with Gasteiger partial charge in [-0.2, -0.15) is 0 Å². The monoisotopic (exact) mass is 486 g/mol. The molecule has 188 valence electrons. The van der Waals surface area contributed by atoms with E-state index in [4.69, 9.17) is 23.3 Å². The maximum atomic E-state index is 13.2. The van der Waals surface area contributed by atoms with Gasteiger partial charge in [-0.25, -0.2) is 0 Å². The third kappa shape index (κ3) is 8.35. The van der Waals surface area contributed by atoms with Crippen LogP contribution in [0.25, 0.3) is 0 Å². The molecule has 1 aliphatic rings. The van der Waals surface area contributed by atoms with Crippen molar-refractivity contribution in [2.24, 2.45) is 10.8 Å². The van der Waals surface area contributed by atoms with E-state index in [-0.39, 0.29) is 0 Å². The molecule has 0 saturated carbocycles. The van der Waals surface area contributed by atoms with Gasteiger partial charge in [-0.1, -0.05) is 0 Å². The van der Waals surface area contributed by atoms with Crippen LogP contribution < -0.4 is 0 Å². The van der Waals surface area contributed by atoms with Gasteiger partial charge in [-0.15, -0.1) is 0 Å². The fraction of sp³-hybridized carbons (Fsp3) is 0.895. The van der Waals surface area contributed by atoms with E-state index < -0.39 is 87.2 Å². The van der Waals surface area contributed by atoms with Gasteiger partial charge in [-0.3, -0.25) is 23.2 Å². The molecule has 1 fully saturated rings. The third-order valence-electron chi connectivity index (χ3n) is 4.50. The lowest BCUT2D eigenvalue weighted by Gasteiger charge is -2.40. The van der Waals surface area contributed by atoms with Gasteiger partial charge < -0.3 is 34.6 Å². The van der Waals surface area contributed by atoms with Crippen LogP contribution in [0.5, 0.6) is 0 Å². The molecule has 13 heteroatoms. The summed E-state index contributed by atoms with van der Waals surface area (Å²) >= 11 is 0. The normalized spacial score (nSPS) is 27.1. The smallest absolute Gasteiger partial charge is 0.339 e. The fourth-order valence-electron chi connectivity index (χ4n) is 2.45. The van der Waals surface area contributed by atoms with Gasteiger partial charge in [0.15, 0.2) is 0 Å². The van der Waals surface area contributed by atoms with Crippen molar-refractivity contribution in [3.8, 4) is 0 Å². The molecule has 32 heavy (non-hydrogen) atoms. The first-order chi connectivity index (χ1) is 14.5. The summed E-state index contributed by atoms with van der Waals surface area (Å²) in [4.78, 5) is 23.8. The highest BCUT2D eigenvalue weighted by molar-refractivity contribution is 7.53. The van der Waals surface area contributed by atoms with Gasteiger partial charge >= 0.3 is 19.5 Å². The van der Waals surface area contributed by atoms with Crippen molar-refractivity contribution < 1.29 is 57.8 Å². The van der Waals surface area contributed by atoms with Crippen LogP contribution in [0.1, 0.15) is 41.5 Å². The fourth-order valence-corrected chi connectivity index (χ4v) is 3.90. The molecule has 0 aromatic rings. The Kier molecular flexibility index (Phi) is 10.3.